The lowest BCUT2D eigenvalue weighted by Gasteiger charge is -2.24. The van der Waals surface area contributed by atoms with E-state index in [2.05, 4.69) is 31.8 Å². The van der Waals surface area contributed by atoms with Crippen LogP contribution < -0.4 is 0 Å². The van der Waals surface area contributed by atoms with Crippen LogP contribution in [0.25, 0.3) is 22.4 Å². The van der Waals surface area contributed by atoms with E-state index in [1.165, 1.54) is 6.20 Å². The molecular weight excluding hydrogens is 278 g/mol. The number of rotatable bonds is 2. The van der Waals surface area contributed by atoms with Gasteiger partial charge >= 0.3 is 0 Å². The van der Waals surface area contributed by atoms with Crippen LogP contribution >= 0.6 is 0 Å². The van der Waals surface area contributed by atoms with Crippen LogP contribution in [0.5, 0.6) is 0 Å². The van der Waals surface area contributed by atoms with E-state index in [1.807, 2.05) is 54.6 Å². The third-order valence-corrected chi connectivity index (χ3v) is 4.00. The highest BCUT2D eigenvalue weighted by Gasteiger charge is 2.19. The summed E-state index contributed by atoms with van der Waals surface area (Å²) in [7, 11) is 0. The third kappa shape index (κ3) is 3.19. The Labute approximate surface area is 143 Å². The number of pyridine rings is 1. The molecule has 1 aromatic heterocycles. The summed E-state index contributed by atoms with van der Waals surface area (Å²) in [5, 5.41) is 0. The van der Waals surface area contributed by atoms with Gasteiger partial charge in [-0.3, -0.25) is 4.98 Å². The molecule has 1 heterocycles. The van der Waals surface area contributed by atoms with Gasteiger partial charge in [0.1, 0.15) is 0 Å². The first-order valence-corrected chi connectivity index (χ1v) is 7.84. The van der Waals surface area contributed by atoms with E-state index in [0.29, 0.717) is 0 Å². The summed E-state index contributed by atoms with van der Waals surface area (Å²) >= 11 is 0. The van der Waals surface area contributed by atoms with E-state index in [1.54, 1.807) is 0 Å². The maximum Gasteiger partial charge on any atom is 0.0708 e. The first-order chi connectivity index (χ1) is 12.2. The van der Waals surface area contributed by atoms with Crippen molar-refractivity contribution in [3.05, 3.63) is 78.0 Å². The second-order valence-corrected chi connectivity index (χ2v) is 6.78. The minimum Gasteiger partial charge on any atom is -0.256 e. The molecule has 2 aromatic carbocycles. The van der Waals surface area contributed by atoms with Crippen molar-refractivity contribution in [2.24, 2.45) is 0 Å². The van der Waals surface area contributed by atoms with Crippen LogP contribution in [0.4, 0.5) is 0 Å². The molecule has 0 aliphatic heterocycles. The van der Waals surface area contributed by atoms with Gasteiger partial charge in [0.05, 0.1) is 5.69 Å². The minimum absolute atomic E-state index is 0.0984. The summed E-state index contributed by atoms with van der Waals surface area (Å²) in [5.41, 5.74) is 4.73. The number of aromatic nitrogens is 1. The Morgan fingerprint density at radius 2 is 1.57 bits per heavy atom. The lowest BCUT2D eigenvalue weighted by Crippen LogP contribution is -2.12. The Hall–Kier alpha value is -2.41. The van der Waals surface area contributed by atoms with Gasteiger partial charge < -0.3 is 0 Å². The van der Waals surface area contributed by atoms with E-state index in [-0.39, 0.29) is 11.0 Å². The Kier molecular flexibility index (Phi) is 3.15. The molecule has 0 bridgehead atoms. The van der Waals surface area contributed by atoms with Crippen LogP contribution in [0.15, 0.2) is 66.9 Å². The van der Waals surface area contributed by atoms with Crippen molar-refractivity contribution < 1.29 is 4.11 Å². The highest BCUT2D eigenvalue weighted by molar-refractivity contribution is 5.75. The second-order valence-electron chi connectivity index (χ2n) is 6.78. The van der Waals surface area contributed by atoms with E-state index in [9.17, 15) is 0 Å². The summed E-state index contributed by atoms with van der Waals surface area (Å²) < 4.78 is 23.9. The Morgan fingerprint density at radius 1 is 0.870 bits per heavy atom. The summed E-state index contributed by atoms with van der Waals surface area (Å²) in [6.45, 7) is 4.20. The summed E-state index contributed by atoms with van der Waals surface area (Å²) in [5.74, 6) is 0. The fraction of sp³-hybridized carbons (Fsp3) is 0.227. The van der Waals surface area contributed by atoms with Crippen LogP contribution in [-0.4, -0.2) is 4.98 Å². The van der Waals surface area contributed by atoms with Gasteiger partial charge in [-0.1, -0.05) is 75.4 Å². The molecule has 1 nitrogen and oxygen atoms in total. The van der Waals surface area contributed by atoms with Gasteiger partial charge in [0.25, 0.3) is 0 Å². The molecule has 0 saturated heterocycles. The Balaban J connectivity index is 2.29. The zero-order valence-electron chi connectivity index (χ0n) is 16.8. The van der Waals surface area contributed by atoms with Crippen molar-refractivity contribution in [3.8, 4) is 22.4 Å². The maximum atomic E-state index is 7.96. The molecule has 0 spiro atoms. The highest BCUT2D eigenvalue weighted by Crippen LogP contribution is 2.35. The second kappa shape index (κ2) is 6.00. The lowest BCUT2D eigenvalue weighted by atomic mass is 9.81. The predicted octanol–water partition coefficient (Wildman–Crippen LogP) is 6.02. The van der Waals surface area contributed by atoms with Gasteiger partial charge in [-0.25, -0.2) is 0 Å². The van der Waals surface area contributed by atoms with Crippen LogP contribution in [-0.2, 0) is 5.41 Å². The van der Waals surface area contributed by atoms with Gasteiger partial charge in [0.2, 0.25) is 0 Å². The molecular formula is C22H23N. The molecule has 23 heavy (non-hydrogen) atoms. The minimum atomic E-state index is -2.22. The monoisotopic (exact) mass is 304 g/mol. The molecule has 3 rings (SSSR count). The average molecular weight is 304 g/mol. The van der Waals surface area contributed by atoms with E-state index in [4.69, 9.17) is 4.11 Å². The maximum absolute atomic E-state index is 7.96. The SMILES string of the molecule is [2H]C([2H])([2H])c1cnc(-c2ccccc2)cc1-c1ccccc1C(C)(C)C. The summed E-state index contributed by atoms with van der Waals surface area (Å²) in [4.78, 5) is 4.43. The molecule has 0 atom stereocenters. The number of aryl methyl sites for hydroxylation is 1. The van der Waals surface area contributed by atoms with Crippen LogP contribution in [0.2, 0.25) is 0 Å². The molecule has 0 aliphatic carbocycles. The quantitative estimate of drug-likeness (QED) is 0.564. The Morgan fingerprint density at radius 3 is 2.26 bits per heavy atom. The van der Waals surface area contributed by atoms with Crippen LogP contribution in [0.1, 0.15) is 36.0 Å². The van der Waals surface area contributed by atoms with Crippen molar-refractivity contribution in [1.29, 1.82) is 0 Å². The van der Waals surface area contributed by atoms with Crippen LogP contribution in [0.3, 0.4) is 0 Å². The number of benzene rings is 2. The molecule has 0 saturated carbocycles. The fourth-order valence-electron chi connectivity index (χ4n) is 2.82. The predicted molar refractivity (Wildman–Crippen MR) is 98.5 cm³/mol. The first-order valence-electron chi connectivity index (χ1n) is 9.34. The number of hydrogen-bond acceptors (Lipinski definition) is 1. The molecule has 0 aliphatic rings. The molecule has 0 N–H and O–H groups in total. The molecule has 116 valence electrons. The van der Waals surface area contributed by atoms with E-state index < -0.39 is 6.85 Å². The number of nitrogens with zero attached hydrogens (tertiary/aromatic N) is 1. The van der Waals surface area contributed by atoms with Crippen molar-refractivity contribution >= 4 is 0 Å². The largest absolute Gasteiger partial charge is 0.256 e. The topological polar surface area (TPSA) is 12.9 Å². The lowest BCUT2D eigenvalue weighted by molar-refractivity contribution is 0.592. The van der Waals surface area contributed by atoms with E-state index >= 15 is 0 Å². The molecule has 0 unspecified atom stereocenters. The molecule has 0 radical (unpaired) electrons. The summed E-state index contributed by atoms with van der Waals surface area (Å²) in [6, 6.07) is 19.8. The van der Waals surface area contributed by atoms with Crippen LogP contribution in [0, 0.1) is 6.85 Å². The molecule has 0 amide bonds. The van der Waals surface area contributed by atoms with Gasteiger partial charge in [0.15, 0.2) is 0 Å². The Bertz CT molecular complexity index is 907. The fourth-order valence-corrected chi connectivity index (χ4v) is 2.82. The highest BCUT2D eigenvalue weighted by atomic mass is 14.7. The molecule has 0 fully saturated rings. The van der Waals surface area contributed by atoms with Crippen molar-refractivity contribution in [2.45, 2.75) is 33.0 Å². The third-order valence-electron chi connectivity index (χ3n) is 4.00. The van der Waals surface area contributed by atoms with Crippen molar-refractivity contribution in [1.82, 2.24) is 4.98 Å². The van der Waals surface area contributed by atoms with Gasteiger partial charge in [-0.15, -0.1) is 0 Å². The smallest absolute Gasteiger partial charge is 0.0708 e. The van der Waals surface area contributed by atoms with Crippen molar-refractivity contribution in [3.63, 3.8) is 0 Å². The first kappa shape index (κ1) is 12.1. The molecule has 1 heteroatoms. The normalized spacial score (nSPS) is 14.0. The van der Waals surface area contributed by atoms with Crippen molar-refractivity contribution in [2.75, 3.05) is 0 Å². The standard InChI is InChI=1S/C22H23N/c1-16-15-23-21(17-10-6-5-7-11-17)14-19(16)18-12-8-9-13-20(18)22(2,3)4/h5-15H,1-4H3/i1D3. The zero-order valence-corrected chi connectivity index (χ0v) is 13.8. The van der Waals surface area contributed by atoms with Gasteiger partial charge in [-0.05, 0) is 40.6 Å². The van der Waals surface area contributed by atoms with Gasteiger partial charge in [-0.2, -0.15) is 0 Å². The summed E-state index contributed by atoms with van der Waals surface area (Å²) in [6.07, 6.45) is 1.50. The van der Waals surface area contributed by atoms with E-state index in [0.717, 1.165) is 27.9 Å². The molecule has 3 aromatic rings. The van der Waals surface area contributed by atoms with Gasteiger partial charge in [0, 0.05) is 15.9 Å². The zero-order chi connectivity index (χ0) is 18.9. The average Bonchev–Trinajstić information content (AvgIpc) is 2.60. The number of hydrogen-bond donors (Lipinski definition) is 0.